The largest absolute Gasteiger partial charge is 0.393 e. The van der Waals surface area contributed by atoms with Crippen LogP contribution < -0.4 is 11.5 Å². The van der Waals surface area contributed by atoms with E-state index in [0.29, 0.717) is 28.0 Å². The number of nitrogens with zero attached hydrogens (tertiary/aromatic N) is 2. The maximum absolute atomic E-state index is 11.0. The van der Waals surface area contributed by atoms with Crippen LogP contribution in [0.1, 0.15) is 5.56 Å². The smallest absolute Gasteiger partial charge is 0.292 e. The highest BCUT2D eigenvalue weighted by Crippen LogP contribution is 2.28. The summed E-state index contributed by atoms with van der Waals surface area (Å²) >= 11 is 0. The molecule has 0 aliphatic heterocycles. The quantitative estimate of drug-likeness (QED) is 0.192. The number of rotatable bonds is 3. The molecule has 22 heavy (non-hydrogen) atoms. The van der Waals surface area contributed by atoms with Gasteiger partial charge in [-0.05, 0) is 30.3 Å². The predicted octanol–water partition coefficient (Wildman–Crippen LogP) is 2.00. The molecule has 0 aliphatic carbocycles. The number of aromatic amines is 1. The number of amidine groups is 1. The highest BCUT2D eigenvalue weighted by Gasteiger charge is 2.14. The minimum atomic E-state index is -0.532. The molecule has 2 aromatic carbocycles. The molecule has 0 aliphatic rings. The van der Waals surface area contributed by atoms with E-state index in [-0.39, 0.29) is 17.2 Å². The third-order valence-corrected chi connectivity index (χ3v) is 3.29. The summed E-state index contributed by atoms with van der Waals surface area (Å²) in [5, 5.41) is 18.4. The van der Waals surface area contributed by atoms with E-state index in [2.05, 4.69) is 9.97 Å². The molecule has 1 heterocycles. The Morgan fingerprint density at radius 2 is 2.05 bits per heavy atom. The lowest BCUT2D eigenvalue weighted by atomic mass is 10.1. The van der Waals surface area contributed by atoms with E-state index in [4.69, 9.17) is 16.9 Å². The molecule has 1 aromatic heterocycles. The van der Waals surface area contributed by atoms with E-state index in [1.54, 1.807) is 24.3 Å². The summed E-state index contributed by atoms with van der Waals surface area (Å²) in [6.07, 6.45) is 0. The van der Waals surface area contributed by atoms with Crippen LogP contribution in [0.5, 0.6) is 0 Å². The number of imidazole rings is 1. The number of hydrogen-bond donors (Lipinski definition) is 4. The number of hydrogen-bond acceptors (Lipinski definition) is 5. The van der Waals surface area contributed by atoms with Gasteiger partial charge in [0.1, 0.15) is 17.3 Å². The molecule has 110 valence electrons. The number of nitrogens with one attached hydrogen (secondary N) is 2. The Labute approximate surface area is 124 Å². The second kappa shape index (κ2) is 4.85. The van der Waals surface area contributed by atoms with Crippen molar-refractivity contribution in [2.24, 2.45) is 5.73 Å². The van der Waals surface area contributed by atoms with Crippen LogP contribution in [0.25, 0.3) is 22.4 Å². The van der Waals surface area contributed by atoms with Gasteiger partial charge in [-0.3, -0.25) is 15.5 Å². The molecule has 0 saturated carbocycles. The first-order chi connectivity index (χ1) is 10.5. The van der Waals surface area contributed by atoms with Crippen molar-refractivity contribution in [1.82, 2.24) is 9.97 Å². The maximum atomic E-state index is 11.0. The molecule has 3 rings (SSSR count). The van der Waals surface area contributed by atoms with Crippen molar-refractivity contribution in [3.63, 3.8) is 0 Å². The molecule has 0 fully saturated rings. The van der Waals surface area contributed by atoms with Gasteiger partial charge in [-0.15, -0.1) is 0 Å². The fraction of sp³-hybridized carbons (Fsp3) is 0. The summed E-state index contributed by atoms with van der Waals surface area (Å²) in [5.74, 6) is 0.444. The Bertz CT molecular complexity index is 915. The second-order valence-corrected chi connectivity index (χ2v) is 4.76. The van der Waals surface area contributed by atoms with Gasteiger partial charge in [-0.2, -0.15) is 0 Å². The first-order valence-corrected chi connectivity index (χ1v) is 6.34. The van der Waals surface area contributed by atoms with Crippen LogP contribution in [-0.4, -0.2) is 20.7 Å². The van der Waals surface area contributed by atoms with E-state index in [1.807, 2.05) is 0 Å². The monoisotopic (exact) mass is 296 g/mol. The molecule has 8 heteroatoms. The molecular weight excluding hydrogens is 284 g/mol. The van der Waals surface area contributed by atoms with Crippen LogP contribution in [0.15, 0.2) is 36.4 Å². The summed E-state index contributed by atoms with van der Waals surface area (Å²) in [4.78, 5) is 17.9. The second-order valence-electron chi connectivity index (χ2n) is 4.76. The summed E-state index contributed by atoms with van der Waals surface area (Å²) < 4.78 is 0. The Balaban J connectivity index is 2.12. The number of anilines is 1. The minimum absolute atomic E-state index is 0.0406. The van der Waals surface area contributed by atoms with Crippen molar-refractivity contribution in [2.75, 3.05) is 5.73 Å². The Kier molecular flexibility index (Phi) is 2.99. The van der Waals surface area contributed by atoms with Gasteiger partial charge in [-0.1, -0.05) is 0 Å². The molecule has 0 spiro atoms. The molecule has 0 unspecified atom stereocenters. The summed E-state index contributed by atoms with van der Waals surface area (Å²) in [6, 6.07) is 9.64. The zero-order valence-electron chi connectivity index (χ0n) is 11.3. The van der Waals surface area contributed by atoms with Gasteiger partial charge in [0.2, 0.25) is 0 Å². The molecule has 6 N–H and O–H groups in total. The normalized spacial score (nSPS) is 10.7. The van der Waals surface area contributed by atoms with Crippen LogP contribution in [0.4, 0.5) is 11.4 Å². The first kappa shape index (κ1) is 13.6. The van der Waals surface area contributed by atoms with Gasteiger partial charge in [0.05, 0.1) is 16.0 Å². The molecule has 8 nitrogen and oxygen atoms in total. The van der Waals surface area contributed by atoms with E-state index in [0.717, 1.165) is 0 Å². The lowest BCUT2D eigenvalue weighted by Gasteiger charge is -2.00. The number of fused-ring (bicyclic) bond motifs is 1. The number of H-pyrrole nitrogens is 1. The van der Waals surface area contributed by atoms with Gasteiger partial charge in [-0.25, -0.2) is 4.98 Å². The summed E-state index contributed by atoms with van der Waals surface area (Å²) in [5.41, 5.74) is 13.5. The lowest BCUT2D eigenvalue weighted by molar-refractivity contribution is -0.383. The van der Waals surface area contributed by atoms with Crippen LogP contribution in [0.3, 0.4) is 0 Å². The number of nitro groups is 1. The SMILES string of the molecule is N=C(N)c1ccc2nc(-c3ccc(N)c([N+](=O)[O-])c3)[nH]c2c1. The molecule has 3 aromatic rings. The van der Waals surface area contributed by atoms with Crippen molar-refractivity contribution in [3.05, 3.63) is 52.1 Å². The fourth-order valence-corrected chi connectivity index (χ4v) is 2.16. The zero-order valence-corrected chi connectivity index (χ0v) is 11.3. The molecule has 0 atom stereocenters. The number of aromatic nitrogens is 2. The Morgan fingerprint density at radius 3 is 2.73 bits per heavy atom. The fourth-order valence-electron chi connectivity index (χ4n) is 2.16. The average molecular weight is 296 g/mol. The number of nitro benzene ring substituents is 1. The molecule has 0 radical (unpaired) electrons. The van der Waals surface area contributed by atoms with Gasteiger partial charge in [0.25, 0.3) is 5.69 Å². The van der Waals surface area contributed by atoms with Crippen molar-refractivity contribution in [1.29, 1.82) is 5.41 Å². The number of benzene rings is 2. The molecule has 0 amide bonds. The minimum Gasteiger partial charge on any atom is -0.393 e. The molecule has 0 saturated heterocycles. The number of nitrogens with two attached hydrogens (primary N) is 2. The lowest BCUT2D eigenvalue weighted by Crippen LogP contribution is -2.10. The topological polar surface area (TPSA) is 148 Å². The number of nitrogen functional groups attached to an aromatic ring is 2. The van der Waals surface area contributed by atoms with Crippen molar-refractivity contribution in [3.8, 4) is 11.4 Å². The van der Waals surface area contributed by atoms with Crippen LogP contribution >= 0.6 is 0 Å². The van der Waals surface area contributed by atoms with E-state index in [1.165, 1.54) is 12.1 Å². The van der Waals surface area contributed by atoms with Gasteiger partial charge >= 0.3 is 0 Å². The predicted molar refractivity (Wildman–Crippen MR) is 83.6 cm³/mol. The van der Waals surface area contributed by atoms with E-state index < -0.39 is 4.92 Å². The van der Waals surface area contributed by atoms with Crippen molar-refractivity contribution in [2.45, 2.75) is 0 Å². The van der Waals surface area contributed by atoms with E-state index in [9.17, 15) is 10.1 Å². The zero-order chi connectivity index (χ0) is 15.9. The van der Waals surface area contributed by atoms with Gasteiger partial charge < -0.3 is 16.5 Å². The molecule has 0 bridgehead atoms. The van der Waals surface area contributed by atoms with Crippen LogP contribution in [0.2, 0.25) is 0 Å². The first-order valence-electron chi connectivity index (χ1n) is 6.34. The third-order valence-electron chi connectivity index (χ3n) is 3.29. The van der Waals surface area contributed by atoms with Crippen molar-refractivity contribution < 1.29 is 4.92 Å². The Hall–Kier alpha value is -3.42. The highest BCUT2D eigenvalue weighted by atomic mass is 16.6. The third kappa shape index (κ3) is 2.22. The molecular formula is C14H12N6O2. The maximum Gasteiger partial charge on any atom is 0.292 e. The van der Waals surface area contributed by atoms with Gasteiger partial charge in [0, 0.05) is 17.2 Å². The summed E-state index contributed by atoms with van der Waals surface area (Å²) in [6.45, 7) is 0. The van der Waals surface area contributed by atoms with Crippen LogP contribution in [0, 0.1) is 15.5 Å². The summed E-state index contributed by atoms with van der Waals surface area (Å²) in [7, 11) is 0. The van der Waals surface area contributed by atoms with Gasteiger partial charge in [0.15, 0.2) is 0 Å². The highest BCUT2D eigenvalue weighted by molar-refractivity contribution is 5.98. The van der Waals surface area contributed by atoms with E-state index >= 15 is 0 Å². The standard InChI is InChI=1S/C14H12N6O2/c15-9-3-1-8(6-12(9)20(21)22)14-18-10-4-2-7(13(16)17)5-11(10)19-14/h1-6H,15H2,(H3,16,17)(H,18,19). The van der Waals surface area contributed by atoms with Crippen molar-refractivity contribution >= 4 is 28.2 Å². The Morgan fingerprint density at radius 1 is 1.27 bits per heavy atom. The van der Waals surface area contributed by atoms with Crippen LogP contribution in [-0.2, 0) is 0 Å². The average Bonchev–Trinajstić information content (AvgIpc) is 2.90.